The van der Waals surface area contributed by atoms with Crippen molar-refractivity contribution in [1.29, 1.82) is 0 Å². The van der Waals surface area contributed by atoms with E-state index in [2.05, 4.69) is 29.4 Å². The number of nitrogens with one attached hydrogen (secondary N) is 2. The van der Waals surface area contributed by atoms with E-state index >= 15 is 0 Å². The molecule has 0 aliphatic heterocycles. The minimum absolute atomic E-state index is 0.184. The molecule has 0 saturated heterocycles. The highest BCUT2D eigenvalue weighted by Crippen LogP contribution is 2.34. The van der Waals surface area contributed by atoms with Crippen LogP contribution in [-0.2, 0) is 9.53 Å². The quantitative estimate of drug-likeness (QED) is 0.644. The highest BCUT2D eigenvalue weighted by atomic mass is 32.1. The fraction of sp³-hybridized carbons (Fsp3) is 0.650. The molecule has 1 aromatic heterocycles. The van der Waals surface area contributed by atoms with Crippen molar-refractivity contribution in [3.05, 3.63) is 16.0 Å². The first-order valence-electron chi connectivity index (χ1n) is 9.88. The largest absolute Gasteiger partial charge is 0.462 e. The second-order valence-corrected chi connectivity index (χ2v) is 8.33. The van der Waals surface area contributed by atoms with E-state index in [-0.39, 0.29) is 36.6 Å². The van der Waals surface area contributed by atoms with E-state index in [1.807, 2.05) is 0 Å². The first-order valence-corrected chi connectivity index (χ1v) is 10.7. The van der Waals surface area contributed by atoms with Crippen LogP contribution in [0.3, 0.4) is 0 Å². The molecule has 28 heavy (non-hydrogen) atoms. The lowest BCUT2D eigenvalue weighted by Gasteiger charge is -2.31. The maximum atomic E-state index is 12.8. The van der Waals surface area contributed by atoms with Gasteiger partial charge in [-0.05, 0) is 46.1 Å². The van der Waals surface area contributed by atoms with Crippen molar-refractivity contribution in [2.45, 2.75) is 65.5 Å². The average molecular weight is 410 g/mol. The molecular weight excluding hydrogens is 378 g/mol. The third-order valence-corrected chi connectivity index (χ3v) is 6.30. The molecule has 2 N–H and O–H groups in total. The van der Waals surface area contributed by atoms with Crippen molar-refractivity contribution >= 4 is 34.1 Å². The Kier molecular flexibility index (Phi) is 8.00. The molecule has 1 fully saturated rings. The van der Waals surface area contributed by atoms with E-state index in [9.17, 15) is 14.4 Å². The number of rotatable bonds is 8. The van der Waals surface area contributed by atoms with E-state index in [1.165, 1.54) is 19.9 Å². The lowest BCUT2D eigenvalue weighted by Crippen LogP contribution is -2.43. The summed E-state index contributed by atoms with van der Waals surface area (Å²) in [5.74, 6) is -1.00. The molecule has 156 valence electrons. The van der Waals surface area contributed by atoms with E-state index in [4.69, 9.17) is 4.74 Å². The summed E-state index contributed by atoms with van der Waals surface area (Å²) >= 11 is 1.11. The zero-order valence-corrected chi connectivity index (χ0v) is 18.2. The van der Waals surface area contributed by atoms with Gasteiger partial charge in [0, 0.05) is 19.1 Å². The molecule has 0 bridgehead atoms. The second kappa shape index (κ2) is 10.0. The molecule has 1 aromatic rings. The van der Waals surface area contributed by atoms with E-state index in [0.717, 1.165) is 24.2 Å². The summed E-state index contributed by atoms with van der Waals surface area (Å²) in [7, 11) is 1.53. The second-order valence-electron chi connectivity index (χ2n) is 7.31. The Morgan fingerprint density at radius 1 is 1.25 bits per heavy atom. The average Bonchev–Trinajstić information content (AvgIpc) is 3.27. The Balaban J connectivity index is 2.24. The molecule has 2 amide bonds. The Bertz CT molecular complexity index is 723. The maximum absolute atomic E-state index is 12.8. The van der Waals surface area contributed by atoms with Gasteiger partial charge in [-0.15, -0.1) is 11.3 Å². The van der Waals surface area contributed by atoms with Crippen LogP contribution in [0.25, 0.3) is 0 Å². The van der Waals surface area contributed by atoms with E-state index < -0.39 is 5.97 Å². The molecule has 0 aromatic carbocycles. The molecular formula is C20H31N3O4S. The van der Waals surface area contributed by atoms with Crippen LogP contribution in [0.1, 0.15) is 72.0 Å². The molecule has 1 aliphatic rings. The molecule has 1 heterocycles. The Labute approximate surface area is 170 Å². The van der Waals surface area contributed by atoms with Gasteiger partial charge in [-0.1, -0.05) is 12.8 Å². The van der Waals surface area contributed by atoms with Crippen LogP contribution in [0.4, 0.5) is 5.00 Å². The SMILES string of the molecule is CCOC(=O)c1c(NC(=O)CN(C(C)C)C2CCCC2)sc(C(=O)NC)c1C. The van der Waals surface area contributed by atoms with Crippen molar-refractivity contribution < 1.29 is 19.1 Å². The Morgan fingerprint density at radius 3 is 2.43 bits per heavy atom. The van der Waals surface area contributed by atoms with Gasteiger partial charge in [0.2, 0.25) is 5.91 Å². The minimum Gasteiger partial charge on any atom is -0.462 e. The molecule has 8 heteroatoms. The number of nitrogens with zero attached hydrogens (tertiary/aromatic N) is 1. The number of anilines is 1. The number of ether oxygens (including phenoxy) is 1. The summed E-state index contributed by atoms with van der Waals surface area (Å²) in [6, 6.07) is 0.673. The first kappa shape index (κ1) is 22.4. The molecule has 1 aliphatic carbocycles. The number of hydrogen-bond acceptors (Lipinski definition) is 6. The van der Waals surface area contributed by atoms with Crippen LogP contribution in [0.2, 0.25) is 0 Å². The van der Waals surface area contributed by atoms with Crippen LogP contribution in [0, 0.1) is 6.92 Å². The summed E-state index contributed by atoms with van der Waals surface area (Å²) in [6.45, 7) is 8.08. The number of amides is 2. The smallest absolute Gasteiger partial charge is 0.341 e. The molecule has 0 unspecified atom stereocenters. The van der Waals surface area contributed by atoms with Crippen LogP contribution >= 0.6 is 11.3 Å². The van der Waals surface area contributed by atoms with Crippen LogP contribution in [-0.4, -0.2) is 55.0 Å². The van der Waals surface area contributed by atoms with Gasteiger partial charge < -0.3 is 15.4 Å². The predicted molar refractivity (Wildman–Crippen MR) is 111 cm³/mol. The highest BCUT2D eigenvalue weighted by molar-refractivity contribution is 7.18. The lowest BCUT2D eigenvalue weighted by atomic mass is 10.1. The van der Waals surface area contributed by atoms with Crippen molar-refractivity contribution in [1.82, 2.24) is 10.2 Å². The summed E-state index contributed by atoms with van der Waals surface area (Å²) in [5.41, 5.74) is 0.783. The monoisotopic (exact) mass is 409 g/mol. The number of hydrogen-bond donors (Lipinski definition) is 2. The summed E-state index contributed by atoms with van der Waals surface area (Å²) in [4.78, 5) is 39.9. The van der Waals surface area contributed by atoms with Crippen molar-refractivity contribution in [3.63, 3.8) is 0 Å². The van der Waals surface area contributed by atoms with Gasteiger partial charge in [0.25, 0.3) is 5.91 Å². The van der Waals surface area contributed by atoms with Gasteiger partial charge in [-0.25, -0.2) is 4.79 Å². The zero-order valence-electron chi connectivity index (χ0n) is 17.4. The van der Waals surface area contributed by atoms with Gasteiger partial charge >= 0.3 is 5.97 Å². The topological polar surface area (TPSA) is 87.7 Å². The van der Waals surface area contributed by atoms with E-state index in [0.29, 0.717) is 21.5 Å². The molecule has 2 rings (SSSR count). The van der Waals surface area contributed by atoms with Crippen molar-refractivity contribution in [2.24, 2.45) is 0 Å². The summed E-state index contributed by atoms with van der Waals surface area (Å²) in [5, 5.41) is 5.80. The fourth-order valence-corrected chi connectivity index (χ4v) is 4.84. The molecule has 0 atom stereocenters. The summed E-state index contributed by atoms with van der Waals surface area (Å²) < 4.78 is 5.13. The van der Waals surface area contributed by atoms with Crippen LogP contribution in [0.15, 0.2) is 0 Å². The van der Waals surface area contributed by atoms with Gasteiger partial charge in [0.05, 0.1) is 23.6 Å². The molecule has 1 saturated carbocycles. The van der Waals surface area contributed by atoms with Gasteiger partial charge in [-0.3, -0.25) is 14.5 Å². The van der Waals surface area contributed by atoms with Gasteiger partial charge in [0.1, 0.15) is 5.00 Å². The number of carbonyl (C=O) groups excluding carboxylic acids is 3. The normalized spacial score (nSPS) is 14.5. The van der Waals surface area contributed by atoms with E-state index in [1.54, 1.807) is 13.8 Å². The van der Waals surface area contributed by atoms with Crippen LogP contribution < -0.4 is 10.6 Å². The van der Waals surface area contributed by atoms with Gasteiger partial charge in [-0.2, -0.15) is 0 Å². The number of esters is 1. The lowest BCUT2D eigenvalue weighted by molar-refractivity contribution is -0.118. The number of carbonyl (C=O) groups is 3. The van der Waals surface area contributed by atoms with Crippen LogP contribution in [0.5, 0.6) is 0 Å². The zero-order chi connectivity index (χ0) is 20.8. The van der Waals surface area contributed by atoms with Gasteiger partial charge in [0.15, 0.2) is 0 Å². The third-order valence-electron chi connectivity index (χ3n) is 5.10. The Morgan fingerprint density at radius 2 is 1.89 bits per heavy atom. The van der Waals surface area contributed by atoms with Crippen molar-refractivity contribution in [3.8, 4) is 0 Å². The first-order chi connectivity index (χ1) is 13.3. The standard InChI is InChI=1S/C20H31N3O4S/c1-6-27-20(26)16-13(4)17(18(25)21-5)28-19(16)22-15(24)11-23(12(2)3)14-9-7-8-10-14/h12,14H,6-11H2,1-5H3,(H,21,25)(H,22,24). The Hall–Kier alpha value is -1.93. The summed E-state index contributed by atoms with van der Waals surface area (Å²) in [6.07, 6.45) is 4.61. The maximum Gasteiger partial charge on any atom is 0.341 e. The number of thiophene rings is 1. The molecule has 0 radical (unpaired) electrons. The third kappa shape index (κ3) is 5.11. The highest BCUT2D eigenvalue weighted by Gasteiger charge is 2.29. The molecule has 0 spiro atoms. The molecule has 7 nitrogen and oxygen atoms in total. The fourth-order valence-electron chi connectivity index (χ4n) is 3.68. The predicted octanol–water partition coefficient (Wildman–Crippen LogP) is 3.18. The van der Waals surface area contributed by atoms with Crippen molar-refractivity contribution in [2.75, 3.05) is 25.5 Å². The minimum atomic E-state index is -0.529.